The fourth-order valence-electron chi connectivity index (χ4n) is 3.21. The summed E-state index contributed by atoms with van der Waals surface area (Å²) in [5, 5.41) is 0. The van der Waals surface area contributed by atoms with E-state index in [-0.39, 0.29) is 0 Å². The van der Waals surface area contributed by atoms with E-state index in [4.69, 9.17) is 13.8 Å². The van der Waals surface area contributed by atoms with Crippen LogP contribution in [0.3, 0.4) is 0 Å². The van der Waals surface area contributed by atoms with Crippen molar-refractivity contribution in [3.8, 4) is 0 Å². The molecule has 0 amide bonds. The SMILES string of the molecule is CN(Cc1cn2c(n1)CN(Cc1ccoc1)CC2)Cc1ccco1. The van der Waals surface area contributed by atoms with Crippen molar-refractivity contribution in [3.63, 3.8) is 0 Å². The fourth-order valence-corrected chi connectivity index (χ4v) is 3.21. The maximum absolute atomic E-state index is 5.41. The predicted octanol–water partition coefficient (Wildman–Crippen LogP) is 2.72. The van der Waals surface area contributed by atoms with Crippen LogP contribution in [-0.2, 0) is 32.7 Å². The number of hydrogen-bond acceptors (Lipinski definition) is 5. The van der Waals surface area contributed by atoms with E-state index in [0.717, 1.165) is 56.5 Å². The first kappa shape index (κ1) is 15.2. The zero-order valence-corrected chi connectivity index (χ0v) is 13.9. The zero-order chi connectivity index (χ0) is 16.4. The molecule has 1 aliphatic rings. The van der Waals surface area contributed by atoms with Gasteiger partial charge in [0.2, 0.25) is 0 Å². The average Bonchev–Trinajstić information content (AvgIpc) is 3.28. The smallest absolute Gasteiger partial charge is 0.123 e. The fraction of sp³-hybridized carbons (Fsp3) is 0.389. The molecule has 126 valence electrons. The van der Waals surface area contributed by atoms with E-state index in [1.807, 2.05) is 24.5 Å². The van der Waals surface area contributed by atoms with Crippen molar-refractivity contribution in [1.29, 1.82) is 0 Å². The Morgan fingerprint density at radius 1 is 1.21 bits per heavy atom. The van der Waals surface area contributed by atoms with Crippen LogP contribution in [0.5, 0.6) is 0 Å². The second-order valence-corrected chi connectivity index (χ2v) is 6.44. The number of imidazole rings is 1. The lowest BCUT2D eigenvalue weighted by Crippen LogP contribution is -2.33. The van der Waals surface area contributed by atoms with E-state index in [1.165, 1.54) is 5.56 Å². The number of nitrogens with zero attached hydrogens (tertiary/aromatic N) is 4. The topological polar surface area (TPSA) is 50.6 Å². The Hall–Kier alpha value is -2.31. The van der Waals surface area contributed by atoms with E-state index >= 15 is 0 Å². The van der Waals surface area contributed by atoms with Gasteiger partial charge in [-0.3, -0.25) is 9.80 Å². The van der Waals surface area contributed by atoms with E-state index in [0.29, 0.717) is 0 Å². The van der Waals surface area contributed by atoms with E-state index in [2.05, 4.69) is 27.6 Å². The Morgan fingerprint density at radius 3 is 2.96 bits per heavy atom. The lowest BCUT2D eigenvalue weighted by atomic mass is 10.3. The Balaban J connectivity index is 1.37. The minimum absolute atomic E-state index is 0.793. The number of fused-ring (bicyclic) bond motifs is 1. The van der Waals surface area contributed by atoms with E-state index in [1.54, 1.807) is 12.5 Å². The predicted molar refractivity (Wildman–Crippen MR) is 88.9 cm³/mol. The number of aromatic nitrogens is 2. The summed E-state index contributed by atoms with van der Waals surface area (Å²) in [7, 11) is 2.09. The van der Waals surface area contributed by atoms with Crippen molar-refractivity contribution in [1.82, 2.24) is 19.4 Å². The van der Waals surface area contributed by atoms with Crippen molar-refractivity contribution in [2.75, 3.05) is 13.6 Å². The van der Waals surface area contributed by atoms with Crippen LogP contribution >= 0.6 is 0 Å². The third kappa shape index (κ3) is 3.44. The molecule has 0 saturated carbocycles. The normalized spacial score (nSPS) is 15.1. The maximum Gasteiger partial charge on any atom is 0.123 e. The molecular weight excluding hydrogens is 304 g/mol. The summed E-state index contributed by atoms with van der Waals surface area (Å²) in [6.07, 6.45) is 7.44. The van der Waals surface area contributed by atoms with Gasteiger partial charge in [-0.25, -0.2) is 4.98 Å². The zero-order valence-electron chi connectivity index (χ0n) is 13.9. The van der Waals surface area contributed by atoms with Crippen LogP contribution in [0.2, 0.25) is 0 Å². The standard InChI is InChI=1S/C18H22N4O2/c1-20(12-17-3-2-7-24-17)10-16-11-22-6-5-21(13-18(22)19-16)9-15-4-8-23-14-15/h2-4,7-8,11,14H,5-6,9-10,12-13H2,1H3. The minimum atomic E-state index is 0.793. The van der Waals surface area contributed by atoms with Crippen molar-refractivity contribution < 1.29 is 8.83 Å². The van der Waals surface area contributed by atoms with Crippen LogP contribution in [0.15, 0.2) is 52.0 Å². The summed E-state index contributed by atoms with van der Waals surface area (Å²) in [5.41, 5.74) is 2.33. The quantitative estimate of drug-likeness (QED) is 0.697. The first-order chi connectivity index (χ1) is 11.8. The van der Waals surface area contributed by atoms with Crippen LogP contribution in [0.25, 0.3) is 0 Å². The van der Waals surface area contributed by atoms with Gasteiger partial charge in [-0.05, 0) is 25.2 Å². The molecule has 1 aliphatic heterocycles. The van der Waals surface area contributed by atoms with Gasteiger partial charge in [-0.2, -0.15) is 0 Å². The Bertz CT molecular complexity index is 761. The summed E-state index contributed by atoms with van der Waals surface area (Å²) in [5.74, 6) is 2.12. The van der Waals surface area contributed by atoms with E-state index in [9.17, 15) is 0 Å². The number of hydrogen-bond donors (Lipinski definition) is 0. The van der Waals surface area contributed by atoms with Gasteiger partial charge in [0.05, 0.1) is 37.6 Å². The second kappa shape index (κ2) is 6.67. The molecule has 0 N–H and O–H groups in total. The molecule has 0 radical (unpaired) electrons. The lowest BCUT2D eigenvalue weighted by molar-refractivity contribution is 0.208. The highest BCUT2D eigenvalue weighted by Gasteiger charge is 2.19. The van der Waals surface area contributed by atoms with E-state index < -0.39 is 0 Å². The molecule has 0 spiro atoms. The molecule has 0 aliphatic carbocycles. The number of rotatable bonds is 6. The summed E-state index contributed by atoms with van der Waals surface area (Å²) in [6, 6.07) is 5.95. The molecule has 24 heavy (non-hydrogen) atoms. The van der Waals surface area contributed by atoms with Gasteiger partial charge in [-0.1, -0.05) is 0 Å². The average molecular weight is 326 g/mol. The van der Waals surface area contributed by atoms with Gasteiger partial charge < -0.3 is 13.4 Å². The molecule has 0 saturated heterocycles. The molecule has 6 heteroatoms. The molecule has 6 nitrogen and oxygen atoms in total. The summed E-state index contributed by atoms with van der Waals surface area (Å²) in [6.45, 7) is 5.44. The molecule has 0 aromatic carbocycles. The largest absolute Gasteiger partial charge is 0.472 e. The highest BCUT2D eigenvalue weighted by Crippen LogP contribution is 2.17. The van der Waals surface area contributed by atoms with Gasteiger partial charge in [-0.15, -0.1) is 0 Å². The van der Waals surface area contributed by atoms with Crippen molar-refractivity contribution in [3.05, 3.63) is 66.0 Å². The highest BCUT2D eigenvalue weighted by molar-refractivity contribution is 5.09. The van der Waals surface area contributed by atoms with Crippen LogP contribution in [0, 0.1) is 0 Å². The second-order valence-electron chi connectivity index (χ2n) is 6.44. The summed E-state index contributed by atoms with van der Waals surface area (Å²) in [4.78, 5) is 9.45. The molecule has 3 aromatic rings. The first-order valence-electron chi connectivity index (χ1n) is 8.25. The van der Waals surface area contributed by atoms with Crippen molar-refractivity contribution in [2.45, 2.75) is 32.7 Å². The van der Waals surface area contributed by atoms with Gasteiger partial charge >= 0.3 is 0 Å². The van der Waals surface area contributed by atoms with Crippen molar-refractivity contribution >= 4 is 0 Å². The molecule has 4 rings (SSSR count). The molecule has 0 fully saturated rings. The Kier molecular flexibility index (Phi) is 4.23. The molecular formula is C18H22N4O2. The van der Waals surface area contributed by atoms with Crippen molar-refractivity contribution in [2.24, 2.45) is 0 Å². The Labute approximate surface area is 141 Å². The van der Waals surface area contributed by atoms with Gasteiger partial charge in [0.25, 0.3) is 0 Å². The first-order valence-corrected chi connectivity index (χ1v) is 8.25. The third-order valence-corrected chi connectivity index (χ3v) is 4.36. The molecule has 4 heterocycles. The number of furan rings is 2. The van der Waals surface area contributed by atoms with Crippen LogP contribution in [0.4, 0.5) is 0 Å². The third-order valence-electron chi connectivity index (χ3n) is 4.36. The minimum Gasteiger partial charge on any atom is -0.472 e. The highest BCUT2D eigenvalue weighted by atomic mass is 16.3. The lowest BCUT2D eigenvalue weighted by Gasteiger charge is -2.26. The summed E-state index contributed by atoms with van der Waals surface area (Å²) >= 11 is 0. The van der Waals surface area contributed by atoms with Crippen LogP contribution in [0.1, 0.15) is 22.8 Å². The monoisotopic (exact) mass is 326 g/mol. The van der Waals surface area contributed by atoms with Crippen LogP contribution in [-0.4, -0.2) is 32.9 Å². The summed E-state index contributed by atoms with van der Waals surface area (Å²) < 4.78 is 12.8. The molecule has 0 atom stereocenters. The molecule has 0 unspecified atom stereocenters. The van der Waals surface area contributed by atoms with Gasteiger partial charge in [0, 0.05) is 37.9 Å². The van der Waals surface area contributed by atoms with Gasteiger partial charge in [0.1, 0.15) is 11.6 Å². The molecule has 0 bridgehead atoms. The Morgan fingerprint density at radius 2 is 2.17 bits per heavy atom. The maximum atomic E-state index is 5.41. The van der Waals surface area contributed by atoms with Gasteiger partial charge in [0.15, 0.2) is 0 Å². The van der Waals surface area contributed by atoms with Crippen LogP contribution < -0.4 is 0 Å². The molecule has 3 aromatic heterocycles.